The molecule has 2 aromatic rings. The average molecular weight is 386 g/mol. The number of aromatic amines is 1. The molecule has 1 aromatic heterocycles. The molecule has 1 atom stereocenters. The Kier molecular flexibility index (Phi) is 6.17. The van der Waals surface area contributed by atoms with Crippen molar-refractivity contribution in [3.8, 4) is 0 Å². The van der Waals surface area contributed by atoms with Crippen molar-refractivity contribution in [3.63, 3.8) is 0 Å². The standard InChI is InChI=1S/C21H30N4O3/c1-20(2,3)18(27)25-14(12-24-19(28)21(4,5)17(22)26)10-13-11-23-16-9-7-6-8-15(13)16/h6-9,11,14,23H,10,12H2,1-5H3,(H2,22,26)(H,24,28)(H,25,27). The van der Waals surface area contributed by atoms with E-state index in [1.54, 1.807) is 0 Å². The summed E-state index contributed by atoms with van der Waals surface area (Å²) in [4.78, 5) is 39.6. The van der Waals surface area contributed by atoms with Crippen LogP contribution in [0.3, 0.4) is 0 Å². The van der Waals surface area contributed by atoms with E-state index in [4.69, 9.17) is 5.73 Å². The van der Waals surface area contributed by atoms with Crippen molar-refractivity contribution in [2.24, 2.45) is 16.6 Å². The van der Waals surface area contributed by atoms with Gasteiger partial charge in [0.05, 0.1) is 6.04 Å². The number of hydrogen-bond donors (Lipinski definition) is 4. The van der Waals surface area contributed by atoms with Crippen molar-refractivity contribution in [2.45, 2.75) is 47.1 Å². The Morgan fingerprint density at radius 3 is 2.32 bits per heavy atom. The molecule has 28 heavy (non-hydrogen) atoms. The van der Waals surface area contributed by atoms with Gasteiger partial charge in [0, 0.05) is 29.1 Å². The number of fused-ring (bicyclic) bond motifs is 1. The molecule has 0 aliphatic carbocycles. The molecule has 0 saturated heterocycles. The van der Waals surface area contributed by atoms with Gasteiger partial charge in [0.2, 0.25) is 17.7 Å². The van der Waals surface area contributed by atoms with E-state index in [1.165, 1.54) is 13.8 Å². The molecule has 7 nitrogen and oxygen atoms in total. The SMILES string of the molecule is CC(C)(C)C(=O)NC(CNC(=O)C(C)(C)C(N)=O)Cc1c[nH]c2ccccc12. The van der Waals surface area contributed by atoms with Crippen molar-refractivity contribution in [3.05, 3.63) is 36.0 Å². The van der Waals surface area contributed by atoms with Gasteiger partial charge < -0.3 is 21.4 Å². The first-order valence-electron chi connectivity index (χ1n) is 9.37. The molecule has 0 fully saturated rings. The van der Waals surface area contributed by atoms with Gasteiger partial charge in [-0.15, -0.1) is 0 Å². The third kappa shape index (κ3) is 4.91. The lowest BCUT2D eigenvalue weighted by atomic mass is 9.91. The normalized spacial score (nSPS) is 13.2. The molecule has 2 rings (SSSR count). The van der Waals surface area contributed by atoms with Crippen molar-refractivity contribution in [1.29, 1.82) is 0 Å². The number of nitrogens with two attached hydrogens (primary N) is 1. The molecule has 0 radical (unpaired) electrons. The molecule has 0 aliphatic rings. The van der Waals surface area contributed by atoms with Crippen LogP contribution in [0.1, 0.15) is 40.2 Å². The molecule has 0 aliphatic heterocycles. The number of benzene rings is 1. The van der Waals surface area contributed by atoms with Gasteiger partial charge in [0.1, 0.15) is 5.41 Å². The van der Waals surface area contributed by atoms with E-state index in [1.807, 2.05) is 51.2 Å². The Hall–Kier alpha value is -2.83. The summed E-state index contributed by atoms with van der Waals surface area (Å²) < 4.78 is 0. The minimum absolute atomic E-state index is 0.110. The smallest absolute Gasteiger partial charge is 0.235 e. The zero-order valence-corrected chi connectivity index (χ0v) is 17.2. The first-order valence-corrected chi connectivity index (χ1v) is 9.37. The van der Waals surface area contributed by atoms with Crippen molar-refractivity contribution < 1.29 is 14.4 Å². The van der Waals surface area contributed by atoms with Crippen LogP contribution in [0.4, 0.5) is 0 Å². The van der Waals surface area contributed by atoms with Crippen molar-refractivity contribution >= 4 is 28.6 Å². The van der Waals surface area contributed by atoms with Crippen LogP contribution in [0, 0.1) is 10.8 Å². The van der Waals surface area contributed by atoms with E-state index in [-0.39, 0.29) is 18.5 Å². The summed E-state index contributed by atoms with van der Waals surface area (Å²) in [7, 11) is 0. The number of para-hydroxylation sites is 1. The number of nitrogens with one attached hydrogen (secondary N) is 3. The molecule has 1 aromatic carbocycles. The molecule has 0 saturated carbocycles. The molecule has 1 heterocycles. The van der Waals surface area contributed by atoms with Crippen LogP contribution in [0.15, 0.2) is 30.5 Å². The van der Waals surface area contributed by atoms with Gasteiger partial charge in [-0.05, 0) is 31.9 Å². The second kappa shape index (κ2) is 8.04. The lowest BCUT2D eigenvalue weighted by Crippen LogP contribution is -2.52. The van der Waals surface area contributed by atoms with Crippen LogP contribution < -0.4 is 16.4 Å². The number of amides is 3. The predicted octanol–water partition coefficient (Wildman–Crippen LogP) is 1.87. The third-order valence-corrected chi connectivity index (χ3v) is 4.85. The van der Waals surface area contributed by atoms with Gasteiger partial charge in [-0.1, -0.05) is 39.0 Å². The minimum Gasteiger partial charge on any atom is -0.369 e. The fourth-order valence-corrected chi connectivity index (χ4v) is 2.69. The number of H-pyrrole nitrogens is 1. The zero-order chi connectivity index (χ0) is 21.1. The predicted molar refractivity (Wildman–Crippen MR) is 109 cm³/mol. The van der Waals surface area contributed by atoms with E-state index >= 15 is 0 Å². The fraction of sp³-hybridized carbons (Fsp3) is 0.476. The molecular formula is C21H30N4O3. The van der Waals surface area contributed by atoms with Crippen LogP contribution >= 0.6 is 0 Å². The van der Waals surface area contributed by atoms with E-state index in [2.05, 4.69) is 15.6 Å². The number of primary amides is 1. The number of carbonyl (C=O) groups is 3. The van der Waals surface area contributed by atoms with Crippen LogP contribution in [0.2, 0.25) is 0 Å². The average Bonchev–Trinajstić information content (AvgIpc) is 3.01. The Balaban J connectivity index is 2.18. The molecule has 1 unspecified atom stereocenters. The Morgan fingerprint density at radius 1 is 1.07 bits per heavy atom. The van der Waals surface area contributed by atoms with Gasteiger partial charge >= 0.3 is 0 Å². The maximum Gasteiger partial charge on any atom is 0.235 e. The van der Waals surface area contributed by atoms with E-state index in [0.717, 1.165) is 16.5 Å². The number of carbonyl (C=O) groups excluding carboxylic acids is 3. The summed E-state index contributed by atoms with van der Waals surface area (Å²) in [6.07, 6.45) is 2.44. The lowest BCUT2D eigenvalue weighted by molar-refractivity contribution is -0.139. The largest absolute Gasteiger partial charge is 0.369 e. The highest BCUT2D eigenvalue weighted by molar-refractivity contribution is 6.03. The summed E-state index contributed by atoms with van der Waals surface area (Å²) >= 11 is 0. The maximum absolute atomic E-state index is 12.5. The van der Waals surface area contributed by atoms with E-state index in [0.29, 0.717) is 6.42 Å². The summed E-state index contributed by atoms with van der Waals surface area (Å²) in [5.41, 5.74) is 5.48. The lowest BCUT2D eigenvalue weighted by Gasteiger charge is -2.26. The highest BCUT2D eigenvalue weighted by atomic mass is 16.2. The summed E-state index contributed by atoms with van der Waals surface area (Å²) in [6.45, 7) is 8.65. The van der Waals surface area contributed by atoms with E-state index in [9.17, 15) is 14.4 Å². The molecular weight excluding hydrogens is 356 g/mol. The summed E-state index contributed by atoms with van der Waals surface area (Å²) in [5, 5.41) is 6.84. The fourth-order valence-electron chi connectivity index (χ4n) is 2.69. The van der Waals surface area contributed by atoms with Crippen LogP contribution in [-0.4, -0.2) is 35.3 Å². The maximum atomic E-state index is 12.5. The van der Waals surface area contributed by atoms with Gasteiger partial charge in [-0.3, -0.25) is 14.4 Å². The molecule has 152 valence electrons. The molecule has 5 N–H and O–H groups in total. The Morgan fingerprint density at radius 2 is 1.71 bits per heavy atom. The Bertz CT molecular complexity index is 877. The molecule has 0 bridgehead atoms. The topological polar surface area (TPSA) is 117 Å². The summed E-state index contributed by atoms with van der Waals surface area (Å²) in [6, 6.07) is 7.57. The van der Waals surface area contributed by atoms with Gasteiger partial charge in [0.25, 0.3) is 0 Å². The zero-order valence-electron chi connectivity index (χ0n) is 17.2. The first-order chi connectivity index (χ1) is 12.9. The molecule has 7 heteroatoms. The number of aromatic nitrogens is 1. The number of rotatable bonds is 7. The Labute approximate surface area is 165 Å². The van der Waals surface area contributed by atoms with Crippen LogP contribution in [0.25, 0.3) is 10.9 Å². The highest BCUT2D eigenvalue weighted by Gasteiger charge is 2.34. The minimum atomic E-state index is -1.32. The second-order valence-electron chi connectivity index (χ2n) is 8.68. The number of hydrogen-bond acceptors (Lipinski definition) is 3. The monoisotopic (exact) mass is 386 g/mol. The second-order valence-corrected chi connectivity index (χ2v) is 8.68. The van der Waals surface area contributed by atoms with Crippen LogP contribution in [0.5, 0.6) is 0 Å². The third-order valence-electron chi connectivity index (χ3n) is 4.85. The van der Waals surface area contributed by atoms with Gasteiger partial charge in [0.15, 0.2) is 0 Å². The highest BCUT2D eigenvalue weighted by Crippen LogP contribution is 2.20. The van der Waals surface area contributed by atoms with E-state index < -0.39 is 22.6 Å². The first kappa shape index (κ1) is 21.5. The van der Waals surface area contributed by atoms with Gasteiger partial charge in [-0.25, -0.2) is 0 Å². The quantitative estimate of drug-likeness (QED) is 0.544. The molecule has 3 amide bonds. The van der Waals surface area contributed by atoms with Crippen molar-refractivity contribution in [1.82, 2.24) is 15.6 Å². The van der Waals surface area contributed by atoms with Crippen molar-refractivity contribution in [2.75, 3.05) is 6.54 Å². The van der Waals surface area contributed by atoms with Gasteiger partial charge in [-0.2, -0.15) is 0 Å². The van der Waals surface area contributed by atoms with Crippen LogP contribution in [-0.2, 0) is 20.8 Å². The molecule has 0 spiro atoms. The summed E-state index contributed by atoms with van der Waals surface area (Å²) in [5.74, 6) is -1.27.